The van der Waals surface area contributed by atoms with E-state index in [-0.39, 0.29) is 23.0 Å². The summed E-state index contributed by atoms with van der Waals surface area (Å²) in [6.45, 7) is 3.02. The monoisotopic (exact) mass is 509 g/mol. The highest BCUT2D eigenvalue weighted by atomic mass is 35.5. The molecule has 1 N–H and O–H groups in total. The Morgan fingerprint density at radius 3 is 2.50 bits per heavy atom. The van der Waals surface area contributed by atoms with Crippen LogP contribution in [0.4, 0.5) is 19.0 Å². The summed E-state index contributed by atoms with van der Waals surface area (Å²) in [6, 6.07) is 11.2. The molecule has 11 heteroatoms. The summed E-state index contributed by atoms with van der Waals surface area (Å²) < 4.78 is 42.6. The number of benzene rings is 1. The zero-order valence-electron chi connectivity index (χ0n) is 18.1. The number of aromatic nitrogens is 2. The second-order valence-corrected chi connectivity index (χ2v) is 9.87. The SMILES string of the molecule is O=C(c1nn2c(c1Cl)N[C@H](c1cccs1)C[C@@H]2C(F)(F)F)N1CCN(Cc2ccccc2)CC1. The number of nitrogens with zero attached hydrogens (tertiary/aromatic N) is 4. The van der Waals surface area contributed by atoms with Crippen molar-refractivity contribution in [2.75, 3.05) is 31.5 Å². The Balaban J connectivity index is 1.34. The van der Waals surface area contributed by atoms with Crippen molar-refractivity contribution in [3.63, 3.8) is 0 Å². The number of hydrogen-bond donors (Lipinski definition) is 1. The van der Waals surface area contributed by atoms with Gasteiger partial charge in [-0.25, -0.2) is 4.68 Å². The molecule has 0 spiro atoms. The van der Waals surface area contributed by atoms with Crippen molar-refractivity contribution in [3.8, 4) is 0 Å². The quantitative estimate of drug-likeness (QED) is 0.524. The van der Waals surface area contributed by atoms with Gasteiger partial charge in [-0.15, -0.1) is 11.3 Å². The summed E-state index contributed by atoms with van der Waals surface area (Å²) in [5, 5.41) is 8.92. The molecule has 180 valence electrons. The van der Waals surface area contributed by atoms with Crippen LogP contribution in [0.2, 0.25) is 5.02 Å². The molecule has 3 aromatic rings. The highest BCUT2D eigenvalue weighted by Gasteiger charge is 2.48. The van der Waals surface area contributed by atoms with Gasteiger partial charge in [0.1, 0.15) is 10.8 Å². The molecule has 5 rings (SSSR count). The highest BCUT2D eigenvalue weighted by molar-refractivity contribution is 7.10. The van der Waals surface area contributed by atoms with E-state index in [1.165, 1.54) is 16.9 Å². The van der Waals surface area contributed by atoms with E-state index in [0.29, 0.717) is 26.2 Å². The van der Waals surface area contributed by atoms with Gasteiger partial charge in [0.05, 0.1) is 6.04 Å². The summed E-state index contributed by atoms with van der Waals surface area (Å²) in [4.78, 5) is 17.8. The van der Waals surface area contributed by atoms with Gasteiger partial charge in [0, 0.05) is 44.0 Å². The first-order valence-corrected chi connectivity index (χ1v) is 12.3. The summed E-state index contributed by atoms with van der Waals surface area (Å²) in [7, 11) is 0. The first kappa shape index (κ1) is 23.2. The molecular formula is C23H23ClF3N5OS. The lowest BCUT2D eigenvalue weighted by Crippen LogP contribution is -2.48. The van der Waals surface area contributed by atoms with Gasteiger partial charge in [-0.1, -0.05) is 48.0 Å². The van der Waals surface area contributed by atoms with Crippen LogP contribution in [0.1, 0.15) is 39.4 Å². The van der Waals surface area contributed by atoms with Crippen LogP contribution in [0, 0.1) is 0 Å². The van der Waals surface area contributed by atoms with Crippen molar-refractivity contribution in [2.45, 2.75) is 31.2 Å². The third kappa shape index (κ3) is 4.54. The molecule has 34 heavy (non-hydrogen) atoms. The van der Waals surface area contributed by atoms with Gasteiger partial charge in [0.25, 0.3) is 5.91 Å². The Labute approximate surface area is 203 Å². The van der Waals surface area contributed by atoms with Crippen molar-refractivity contribution < 1.29 is 18.0 Å². The zero-order valence-corrected chi connectivity index (χ0v) is 19.7. The first-order valence-electron chi connectivity index (χ1n) is 11.0. The molecular weight excluding hydrogens is 487 g/mol. The Bertz CT molecular complexity index is 1140. The number of carbonyl (C=O) groups is 1. The van der Waals surface area contributed by atoms with Gasteiger partial charge < -0.3 is 10.2 Å². The lowest BCUT2D eigenvalue weighted by Gasteiger charge is -2.34. The fourth-order valence-electron chi connectivity index (χ4n) is 4.50. The molecule has 2 aromatic heterocycles. The number of fused-ring (bicyclic) bond motifs is 1. The fourth-order valence-corrected chi connectivity index (χ4v) is 5.55. The van der Waals surface area contributed by atoms with Crippen LogP contribution in [0.25, 0.3) is 0 Å². The maximum Gasteiger partial charge on any atom is 0.410 e. The van der Waals surface area contributed by atoms with Gasteiger partial charge in [0.2, 0.25) is 0 Å². The lowest BCUT2D eigenvalue weighted by molar-refractivity contribution is -0.173. The largest absolute Gasteiger partial charge is 0.410 e. The Hall–Kier alpha value is -2.56. The second-order valence-electron chi connectivity index (χ2n) is 8.52. The van der Waals surface area contributed by atoms with E-state index in [1.807, 2.05) is 23.6 Å². The van der Waals surface area contributed by atoms with Crippen molar-refractivity contribution >= 4 is 34.7 Å². The number of alkyl halides is 3. The van der Waals surface area contributed by atoms with Crippen LogP contribution in [0.5, 0.6) is 0 Å². The van der Waals surface area contributed by atoms with Gasteiger partial charge in [0.15, 0.2) is 11.7 Å². The van der Waals surface area contributed by atoms with Crippen LogP contribution in [-0.4, -0.2) is 57.8 Å². The average molecular weight is 510 g/mol. The van der Waals surface area contributed by atoms with Gasteiger partial charge >= 0.3 is 6.18 Å². The van der Waals surface area contributed by atoms with E-state index in [4.69, 9.17) is 11.6 Å². The third-order valence-corrected chi connectivity index (χ3v) is 7.64. The van der Waals surface area contributed by atoms with Crippen molar-refractivity contribution in [1.82, 2.24) is 19.6 Å². The normalized spacial score (nSPS) is 21.2. The summed E-state index contributed by atoms with van der Waals surface area (Å²) in [6.07, 6.45) is -4.74. The van der Waals surface area contributed by atoms with Crippen molar-refractivity contribution in [2.24, 2.45) is 0 Å². The molecule has 0 aliphatic carbocycles. The topological polar surface area (TPSA) is 53.4 Å². The predicted molar refractivity (Wildman–Crippen MR) is 125 cm³/mol. The molecule has 0 bridgehead atoms. The number of hydrogen-bond acceptors (Lipinski definition) is 5. The molecule has 6 nitrogen and oxygen atoms in total. The minimum Gasteiger partial charge on any atom is -0.361 e. The molecule has 1 fully saturated rings. The van der Waals surface area contributed by atoms with Crippen LogP contribution in [0.3, 0.4) is 0 Å². The number of rotatable bonds is 4. The van der Waals surface area contributed by atoms with Crippen LogP contribution in [-0.2, 0) is 6.54 Å². The van der Waals surface area contributed by atoms with E-state index in [2.05, 4.69) is 27.4 Å². The molecule has 1 amide bonds. The van der Waals surface area contributed by atoms with Crippen molar-refractivity contribution in [3.05, 3.63) is 69.0 Å². The standard InChI is InChI=1S/C23H23ClF3N5OS/c24-19-20(22(33)31-10-8-30(9-11-31)14-15-5-2-1-3-6-15)29-32-18(23(25,26)27)13-16(28-21(19)32)17-7-4-12-34-17/h1-7,12,16,18,28H,8-11,13-14H2/t16-,18+/m0/s1. The second kappa shape index (κ2) is 9.24. The predicted octanol–water partition coefficient (Wildman–Crippen LogP) is 5.22. The smallest absolute Gasteiger partial charge is 0.361 e. The highest BCUT2D eigenvalue weighted by Crippen LogP contribution is 2.47. The first-order chi connectivity index (χ1) is 16.3. The number of halogens is 4. The maximum atomic E-state index is 13.9. The van der Waals surface area contributed by atoms with E-state index < -0.39 is 24.2 Å². The molecule has 2 atom stereocenters. The molecule has 1 saturated heterocycles. The van der Waals surface area contributed by atoms with Crippen LogP contribution >= 0.6 is 22.9 Å². The number of amides is 1. The number of piperazine rings is 1. The molecule has 2 aliphatic heterocycles. The Kier molecular flexibility index (Phi) is 6.30. The van der Waals surface area contributed by atoms with Gasteiger partial charge in [-0.05, 0) is 17.0 Å². The summed E-state index contributed by atoms with van der Waals surface area (Å²) in [5.74, 6) is -0.402. The average Bonchev–Trinajstić information content (AvgIpc) is 3.47. The molecule has 2 aliphatic rings. The van der Waals surface area contributed by atoms with E-state index in [0.717, 1.165) is 16.1 Å². The fraction of sp³-hybridized carbons (Fsp3) is 0.391. The number of carbonyl (C=O) groups excluding carboxylic acids is 1. The number of anilines is 1. The van der Waals surface area contributed by atoms with E-state index >= 15 is 0 Å². The van der Waals surface area contributed by atoms with Crippen LogP contribution < -0.4 is 5.32 Å². The molecule has 0 saturated carbocycles. The van der Waals surface area contributed by atoms with E-state index in [1.54, 1.807) is 17.0 Å². The summed E-state index contributed by atoms with van der Waals surface area (Å²) in [5.41, 5.74) is 1.05. The van der Waals surface area contributed by atoms with E-state index in [9.17, 15) is 18.0 Å². The summed E-state index contributed by atoms with van der Waals surface area (Å²) >= 11 is 7.84. The molecule has 4 heterocycles. The lowest BCUT2D eigenvalue weighted by atomic mass is 10.0. The maximum absolute atomic E-state index is 13.9. The van der Waals surface area contributed by atoms with Gasteiger partial charge in [-0.3, -0.25) is 9.69 Å². The zero-order chi connectivity index (χ0) is 23.9. The molecule has 0 radical (unpaired) electrons. The molecule has 0 unspecified atom stereocenters. The Morgan fingerprint density at radius 2 is 1.85 bits per heavy atom. The molecule has 1 aromatic carbocycles. The number of thiophene rings is 1. The minimum absolute atomic E-state index is 0.0414. The third-order valence-electron chi connectivity index (χ3n) is 6.29. The Morgan fingerprint density at radius 1 is 1.12 bits per heavy atom. The van der Waals surface area contributed by atoms with Gasteiger partial charge in [-0.2, -0.15) is 18.3 Å². The van der Waals surface area contributed by atoms with Crippen molar-refractivity contribution in [1.29, 1.82) is 0 Å². The minimum atomic E-state index is -4.52. The van der Waals surface area contributed by atoms with Crippen LogP contribution in [0.15, 0.2) is 47.8 Å². The number of nitrogens with one attached hydrogen (secondary N) is 1.